The predicted molar refractivity (Wildman–Crippen MR) is 129 cm³/mol. The molecule has 4 fully saturated rings. The number of nitrogens with zero attached hydrogens (tertiary/aromatic N) is 1. The first-order valence-electron chi connectivity index (χ1n) is 13.7. The van der Waals surface area contributed by atoms with Crippen molar-refractivity contribution in [1.29, 1.82) is 0 Å². The molecular weight excluding hydrogens is 400 g/mol. The van der Waals surface area contributed by atoms with E-state index in [9.17, 15) is 4.79 Å². The van der Waals surface area contributed by atoms with Gasteiger partial charge in [-0.25, -0.2) is 0 Å². The Labute approximate surface area is 196 Å². The van der Waals surface area contributed by atoms with E-state index in [2.05, 4.69) is 27.8 Å². The molecule has 184 valence electrons. The van der Waals surface area contributed by atoms with Crippen molar-refractivity contribution in [3.05, 3.63) is 0 Å². The van der Waals surface area contributed by atoms with Crippen LogP contribution in [0.2, 0.25) is 0 Å². The minimum atomic E-state index is -0.0108. The Morgan fingerprint density at radius 2 is 1.47 bits per heavy atom. The highest BCUT2D eigenvalue weighted by Gasteiger charge is 2.34. The highest BCUT2D eigenvalue weighted by Crippen LogP contribution is 2.35. The van der Waals surface area contributed by atoms with Gasteiger partial charge in [0.2, 0.25) is 0 Å². The molecule has 0 amide bonds. The van der Waals surface area contributed by atoms with Gasteiger partial charge in [0.05, 0.1) is 13.0 Å². The van der Waals surface area contributed by atoms with Gasteiger partial charge in [-0.05, 0) is 101 Å². The Kier molecular flexibility index (Phi) is 9.27. The minimum Gasteiger partial charge on any atom is -0.469 e. The van der Waals surface area contributed by atoms with Crippen molar-refractivity contribution in [3.63, 3.8) is 0 Å². The Balaban J connectivity index is 1.10. The van der Waals surface area contributed by atoms with Crippen molar-refractivity contribution >= 4 is 5.97 Å². The summed E-state index contributed by atoms with van der Waals surface area (Å²) >= 11 is 0. The molecule has 1 heterocycles. The van der Waals surface area contributed by atoms with Gasteiger partial charge in [-0.1, -0.05) is 6.92 Å². The number of rotatable bonds is 10. The van der Waals surface area contributed by atoms with Crippen molar-refractivity contribution in [1.82, 2.24) is 20.9 Å². The van der Waals surface area contributed by atoms with Crippen LogP contribution in [0.25, 0.3) is 0 Å². The third-order valence-electron chi connectivity index (χ3n) is 8.66. The molecule has 4 rings (SSSR count). The first-order valence-corrected chi connectivity index (χ1v) is 13.7. The molecule has 0 aromatic heterocycles. The summed E-state index contributed by atoms with van der Waals surface area (Å²) in [5.41, 5.74) is 0. The van der Waals surface area contributed by atoms with Gasteiger partial charge in [-0.3, -0.25) is 20.7 Å². The lowest BCUT2D eigenvalue weighted by atomic mass is 9.75. The van der Waals surface area contributed by atoms with E-state index >= 15 is 0 Å². The van der Waals surface area contributed by atoms with Crippen LogP contribution >= 0.6 is 0 Å². The standard InChI is InChI=1S/C26H48N4O2/c1-3-14-30(17-19-4-5-19)18-20-6-12-24(13-7-20)29-26-27-15-23(16-28-26)21-8-10-22(11-9-21)25(31)32-2/h19-24,26-29H,3-18H2,1-2H3. The van der Waals surface area contributed by atoms with Gasteiger partial charge < -0.3 is 9.64 Å². The summed E-state index contributed by atoms with van der Waals surface area (Å²) < 4.78 is 4.94. The monoisotopic (exact) mass is 448 g/mol. The topological polar surface area (TPSA) is 65.6 Å². The number of esters is 1. The van der Waals surface area contributed by atoms with Crippen LogP contribution in [0.4, 0.5) is 0 Å². The third-order valence-corrected chi connectivity index (χ3v) is 8.66. The summed E-state index contributed by atoms with van der Waals surface area (Å²) in [6.07, 6.45) is 14.2. The smallest absolute Gasteiger partial charge is 0.308 e. The van der Waals surface area contributed by atoms with Gasteiger partial charge in [-0.2, -0.15) is 0 Å². The number of carbonyl (C=O) groups is 1. The fourth-order valence-corrected chi connectivity index (χ4v) is 6.48. The lowest BCUT2D eigenvalue weighted by Gasteiger charge is -2.40. The molecule has 0 unspecified atom stereocenters. The number of carbonyl (C=O) groups excluding carboxylic acids is 1. The average Bonchev–Trinajstić information content (AvgIpc) is 3.65. The van der Waals surface area contributed by atoms with Crippen LogP contribution in [0, 0.1) is 29.6 Å². The Morgan fingerprint density at radius 3 is 2.00 bits per heavy atom. The largest absolute Gasteiger partial charge is 0.469 e. The Hall–Kier alpha value is -0.690. The molecule has 4 aliphatic rings. The number of hydrogen-bond acceptors (Lipinski definition) is 6. The summed E-state index contributed by atoms with van der Waals surface area (Å²) in [6.45, 7) is 8.46. The molecule has 3 N–H and O–H groups in total. The van der Waals surface area contributed by atoms with Gasteiger partial charge in [0, 0.05) is 32.2 Å². The zero-order valence-corrected chi connectivity index (χ0v) is 20.6. The summed E-state index contributed by atoms with van der Waals surface area (Å²) in [7, 11) is 1.51. The molecular formula is C26H48N4O2. The van der Waals surface area contributed by atoms with Gasteiger partial charge >= 0.3 is 5.97 Å². The highest BCUT2D eigenvalue weighted by atomic mass is 16.5. The zero-order chi connectivity index (χ0) is 22.3. The second-order valence-corrected chi connectivity index (χ2v) is 11.2. The van der Waals surface area contributed by atoms with E-state index in [1.807, 2.05) is 0 Å². The second-order valence-electron chi connectivity index (χ2n) is 11.2. The fraction of sp³-hybridized carbons (Fsp3) is 0.962. The van der Waals surface area contributed by atoms with E-state index in [0.717, 1.165) is 56.5 Å². The Morgan fingerprint density at radius 1 is 0.875 bits per heavy atom. The maximum atomic E-state index is 11.8. The van der Waals surface area contributed by atoms with Crippen LogP contribution < -0.4 is 16.0 Å². The molecule has 0 spiro atoms. The van der Waals surface area contributed by atoms with E-state index in [1.54, 1.807) is 0 Å². The van der Waals surface area contributed by atoms with Crippen LogP contribution in [0.5, 0.6) is 0 Å². The highest BCUT2D eigenvalue weighted by molar-refractivity contribution is 5.72. The lowest BCUT2D eigenvalue weighted by Crippen LogP contribution is -2.63. The van der Waals surface area contributed by atoms with E-state index in [-0.39, 0.29) is 18.2 Å². The predicted octanol–water partition coefficient (Wildman–Crippen LogP) is 3.33. The molecule has 3 saturated carbocycles. The quantitative estimate of drug-likeness (QED) is 0.446. The number of ether oxygens (including phenoxy) is 1. The van der Waals surface area contributed by atoms with Crippen molar-refractivity contribution in [2.45, 2.75) is 89.9 Å². The van der Waals surface area contributed by atoms with Gasteiger partial charge in [0.1, 0.15) is 6.29 Å². The molecule has 0 atom stereocenters. The summed E-state index contributed by atoms with van der Waals surface area (Å²) in [5.74, 6) is 3.44. The molecule has 3 aliphatic carbocycles. The van der Waals surface area contributed by atoms with Crippen molar-refractivity contribution in [2.24, 2.45) is 29.6 Å². The molecule has 32 heavy (non-hydrogen) atoms. The zero-order valence-electron chi connectivity index (χ0n) is 20.6. The fourth-order valence-electron chi connectivity index (χ4n) is 6.48. The van der Waals surface area contributed by atoms with E-state index in [4.69, 9.17) is 4.74 Å². The third kappa shape index (κ3) is 7.15. The number of methoxy groups -OCH3 is 1. The van der Waals surface area contributed by atoms with E-state index < -0.39 is 0 Å². The summed E-state index contributed by atoms with van der Waals surface area (Å²) in [4.78, 5) is 14.5. The maximum absolute atomic E-state index is 11.8. The lowest BCUT2D eigenvalue weighted by molar-refractivity contribution is -0.147. The van der Waals surface area contributed by atoms with Gasteiger partial charge in [0.15, 0.2) is 0 Å². The minimum absolute atomic E-state index is 0.0108. The average molecular weight is 449 g/mol. The molecule has 6 heteroatoms. The molecule has 0 radical (unpaired) electrons. The van der Waals surface area contributed by atoms with Crippen LogP contribution in [-0.2, 0) is 9.53 Å². The molecule has 6 nitrogen and oxygen atoms in total. The summed E-state index contributed by atoms with van der Waals surface area (Å²) in [6, 6.07) is 0.645. The normalized spacial score (nSPS) is 36.2. The van der Waals surface area contributed by atoms with Crippen LogP contribution in [0.1, 0.15) is 77.6 Å². The summed E-state index contributed by atoms with van der Waals surface area (Å²) in [5, 5.41) is 11.3. The number of hydrogen-bond donors (Lipinski definition) is 3. The molecule has 0 bridgehead atoms. The van der Waals surface area contributed by atoms with E-state index in [1.165, 1.54) is 71.7 Å². The second kappa shape index (κ2) is 12.1. The van der Waals surface area contributed by atoms with Crippen molar-refractivity contribution in [2.75, 3.05) is 39.8 Å². The Bertz CT molecular complexity index is 560. The molecule has 0 aromatic carbocycles. The first-order chi connectivity index (χ1) is 15.6. The molecule has 0 aromatic rings. The van der Waals surface area contributed by atoms with Gasteiger partial charge in [0.25, 0.3) is 0 Å². The van der Waals surface area contributed by atoms with Gasteiger partial charge in [-0.15, -0.1) is 0 Å². The van der Waals surface area contributed by atoms with Crippen molar-refractivity contribution in [3.8, 4) is 0 Å². The van der Waals surface area contributed by atoms with E-state index in [0.29, 0.717) is 12.0 Å². The van der Waals surface area contributed by atoms with Crippen LogP contribution in [0.3, 0.4) is 0 Å². The van der Waals surface area contributed by atoms with Crippen LogP contribution in [-0.4, -0.2) is 63.0 Å². The first kappa shape index (κ1) is 24.4. The van der Waals surface area contributed by atoms with Crippen molar-refractivity contribution < 1.29 is 9.53 Å². The molecule has 1 saturated heterocycles. The SMILES string of the molecule is CCCN(CC1CC1)CC1CCC(NC2NCC(C3CCC(C(=O)OC)CC3)CN2)CC1. The maximum Gasteiger partial charge on any atom is 0.308 e. The number of nitrogens with one attached hydrogen (secondary N) is 3. The van der Waals surface area contributed by atoms with Crippen LogP contribution in [0.15, 0.2) is 0 Å². The molecule has 1 aliphatic heterocycles.